The zero-order valence-corrected chi connectivity index (χ0v) is 13.0. The third kappa shape index (κ3) is 7.59. The summed E-state index contributed by atoms with van der Waals surface area (Å²) in [4.78, 5) is 2.27. The minimum absolute atomic E-state index is 0.508. The van der Waals surface area contributed by atoms with Crippen molar-refractivity contribution >= 4 is 12.6 Å². The number of ether oxygens (including phenoxy) is 2. The Bertz CT molecular complexity index is 362. The molecule has 118 valence electrons. The summed E-state index contributed by atoms with van der Waals surface area (Å²) >= 11 is 0. The Hall–Kier alpha value is -0.915. The first-order chi connectivity index (χ1) is 10.2. The van der Waals surface area contributed by atoms with E-state index in [-0.39, 0.29) is 0 Å². The quantitative estimate of drug-likeness (QED) is 0.452. The molecule has 21 heavy (non-hydrogen) atoms. The minimum atomic E-state index is -1.41. The first kappa shape index (κ1) is 18.1. The van der Waals surface area contributed by atoms with Gasteiger partial charge in [0.2, 0.25) is 0 Å². The van der Waals surface area contributed by atoms with Crippen LogP contribution >= 0.6 is 0 Å². The zero-order valence-electron chi connectivity index (χ0n) is 13.0. The second-order valence-electron chi connectivity index (χ2n) is 4.79. The Morgan fingerprint density at radius 1 is 0.952 bits per heavy atom. The van der Waals surface area contributed by atoms with Gasteiger partial charge in [-0.3, -0.25) is 4.90 Å². The maximum absolute atomic E-state index is 9.10. The van der Waals surface area contributed by atoms with Gasteiger partial charge in [-0.1, -0.05) is 24.3 Å². The summed E-state index contributed by atoms with van der Waals surface area (Å²) in [5, 5.41) is 18.2. The Morgan fingerprint density at radius 3 is 1.90 bits per heavy atom. The molecule has 0 amide bonds. The maximum atomic E-state index is 9.10. The smallest absolute Gasteiger partial charge is 0.423 e. The lowest BCUT2D eigenvalue weighted by molar-refractivity contribution is 0.0798. The second-order valence-corrected chi connectivity index (χ2v) is 4.79. The molecule has 0 aliphatic rings. The summed E-state index contributed by atoms with van der Waals surface area (Å²) in [7, 11) is -1.41. The van der Waals surface area contributed by atoms with E-state index < -0.39 is 7.12 Å². The largest absolute Gasteiger partial charge is 0.488 e. The molecule has 0 bridgehead atoms. The molecule has 0 fully saturated rings. The third-order valence-corrected chi connectivity index (χ3v) is 3.20. The topological polar surface area (TPSA) is 62.2 Å². The van der Waals surface area contributed by atoms with Crippen molar-refractivity contribution in [3.05, 3.63) is 29.8 Å². The molecule has 0 aromatic heterocycles. The van der Waals surface area contributed by atoms with Gasteiger partial charge in [0.25, 0.3) is 0 Å². The molecule has 0 saturated carbocycles. The summed E-state index contributed by atoms with van der Waals surface area (Å²) in [6.07, 6.45) is 0. The molecule has 0 unspecified atom stereocenters. The van der Waals surface area contributed by atoms with Crippen molar-refractivity contribution in [3.8, 4) is 0 Å². The van der Waals surface area contributed by atoms with Crippen molar-refractivity contribution in [1.82, 2.24) is 4.90 Å². The molecule has 0 heterocycles. The van der Waals surface area contributed by atoms with Crippen molar-refractivity contribution < 1.29 is 19.5 Å². The predicted molar refractivity (Wildman–Crippen MR) is 84.5 cm³/mol. The highest BCUT2D eigenvalue weighted by molar-refractivity contribution is 6.58. The van der Waals surface area contributed by atoms with Crippen molar-refractivity contribution in [3.63, 3.8) is 0 Å². The van der Waals surface area contributed by atoms with Crippen molar-refractivity contribution in [1.29, 1.82) is 0 Å². The van der Waals surface area contributed by atoms with Crippen LogP contribution in [0.15, 0.2) is 24.3 Å². The number of rotatable bonds is 11. The summed E-state index contributed by atoms with van der Waals surface area (Å²) in [5.74, 6) is 0. The van der Waals surface area contributed by atoms with E-state index in [0.717, 1.165) is 38.4 Å². The first-order valence-electron chi connectivity index (χ1n) is 7.50. The number of nitrogens with zero attached hydrogens (tertiary/aromatic N) is 1. The lowest BCUT2D eigenvalue weighted by atomic mass is 9.80. The normalized spacial score (nSPS) is 11.1. The average Bonchev–Trinajstić information content (AvgIpc) is 2.48. The van der Waals surface area contributed by atoms with Gasteiger partial charge in [0, 0.05) is 32.8 Å². The van der Waals surface area contributed by atoms with E-state index in [1.165, 1.54) is 0 Å². The summed E-state index contributed by atoms with van der Waals surface area (Å²) in [5.41, 5.74) is 1.64. The molecule has 0 aliphatic carbocycles. The molecule has 0 spiro atoms. The van der Waals surface area contributed by atoms with Gasteiger partial charge in [-0.25, -0.2) is 0 Å². The van der Waals surface area contributed by atoms with Crippen LogP contribution in [-0.4, -0.2) is 61.6 Å². The first-order valence-corrected chi connectivity index (χ1v) is 7.50. The number of hydrogen-bond acceptors (Lipinski definition) is 5. The van der Waals surface area contributed by atoms with Crippen LogP contribution in [0.25, 0.3) is 0 Å². The Balaban J connectivity index is 2.52. The monoisotopic (exact) mass is 295 g/mol. The number of benzene rings is 1. The molecule has 2 N–H and O–H groups in total. The average molecular weight is 295 g/mol. The van der Waals surface area contributed by atoms with Gasteiger partial charge in [-0.05, 0) is 24.9 Å². The molecule has 0 atom stereocenters. The maximum Gasteiger partial charge on any atom is 0.488 e. The van der Waals surface area contributed by atoms with Gasteiger partial charge >= 0.3 is 7.12 Å². The van der Waals surface area contributed by atoms with E-state index in [0.29, 0.717) is 18.7 Å². The molecule has 1 aromatic rings. The Labute approximate surface area is 127 Å². The van der Waals surface area contributed by atoms with Crippen molar-refractivity contribution in [2.45, 2.75) is 20.4 Å². The minimum Gasteiger partial charge on any atom is -0.423 e. The van der Waals surface area contributed by atoms with Gasteiger partial charge in [-0.15, -0.1) is 0 Å². The highest BCUT2D eigenvalue weighted by atomic mass is 16.5. The standard InChI is InChI=1S/C15H26BNO4/c1-3-20-11-9-17(10-12-21-4-2)13-14-5-7-15(8-6-14)16(18)19/h5-8,18-19H,3-4,9-13H2,1-2H3. The zero-order chi connectivity index (χ0) is 15.5. The van der Waals surface area contributed by atoms with Gasteiger partial charge in [0.15, 0.2) is 0 Å². The van der Waals surface area contributed by atoms with Crippen LogP contribution in [0.3, 0.4) is 0 Å². The lowest BCUT2D eigenvalue weighted by Gasteiger charge is -2.22. The fourth-order valence-electron chi connectivity index (χ4n) is 2.00. The van der Waals surface area contributed by atoms with Gasteiger partial charge in [-0.2, -0.15) is 0 Å². The van der Waals surface area contributed by atoms with Crippen LogP contribution in [0.1, 0.15) is 19.4 Å². The van der Waals surface area contributed by atoms with E-state index in [2.05, 4.69) is 4.90 Å². The highest BCUT2D eigenvalue weighted by Crippen LogP contribution is 2.04. The van der Waals surface area contributed by atoms with Crippen LogP contribution < -0.4 is 5.46 Å². The molecule has 0 aliphatic heterocycles. The van der Waals surface area contributed by atoms with Gasteiger partial charge in [0.05, 0.1) is 13.2 Å². The molecule has 1 rings (SSSR count). The van der Waals surface area contributed by atoms with E-state index in [9.17, 15) is 0 Å². The van der Waals surface area contributed by atoms with E-state index >= 15 is 0 Å². The molecule has 0 saturated heterocycles. The van der Waals surface area contributed by atoms with Crippen molar-refractivity contribution in [2.24, 2.45) is 0 Å². The highest BCUT2D eigenvalue weighted by Gasteiger charge is 2.11. The number of hydrogen-bond donors (Lipinski definition) is 2. The fraction of sp³-hybridized carbons (Fsp3) is 0.600. The molecular weight excluding hydrogens is 269 g/mol. The van der Waals surface area contributed by atoms with E-state index in [1.54, 1.807) is 12.1 Å². The van der Waals surface area contributed by atoms with Crippen LogP contribution in [-0.2, 0) is 16.0 Å². The Morgan fingerprint density at radius 2 is 1.48 bits per heavy atom. The predicted octanol–water partition coefficient (Wildman–Crippen LogP) is 0.241. The summed E-state index contributed by atoms with van der Waals surface area (Å²) in [6.45, 7) is 9.34. The molecule has 5 nitrogen and oxygen atoms in total. The molecule has 1 aromatic carbocycles. The van der Waals surface area contributed by atoms with E-state index in [4.69, 9.17) is 19.5 Å². The third-order valence-electron chi connectivity index (χ3n) is 3.20. The lowest BCUT2D eigenvalue weighted by Crippen LogP contribution is -2.32. The molecule has 0 radical (unpaired) electrons. The fourth-order valence-corrected chi connectivity index (χ4v) is 2.00. The van der Waals surface area contributed by atoms with Gasteiger partial charge < -0.3 is 19.5 Å². The van der Waals surface area contributed by atoms with Crippen molar-refractivity contribution in [2.75, 3.05) is 39.5 Å². The van der Waals surface area contributed by atoms with Crippen LogP contribution in [0.2, 0.25) is 0 Å². The van der Waals surface area contributed by atoms with Crippen LogP contribution in [0.5, 0.6) is 0 Å². The Kier molecular flexibility index (Phi) is 9.29. The summed E-state index contributed by atoms with van der Waals surface area (Å²) < 4.78 is 10.8. The summed E-state index contributed by atoms with van der Waals surface area (Å²) in [6, 6.07) is 7.32. The molecule has 6 heteroatoms. The SMILES string of the molecule is CCOCCN(CCOCC)Cc1ccc(B(O)O)cc1. The molecular formula is C15H26BNO4. The van der Waals surface area contributed by atoms with Gasteiger partial charge in [0.1, 0.15) is 0 Å². The van der Waals surface area contributed by atoms with Crippen LogP contribution in [0, 0.1) is 0 Å². The van der Waals surface area contributed by atoms with Crippen LogP contribution in [0.4, 0.5) is 0 Å². The second kappa shape index (κ2) is 10.8. The van der Waals surface area contributed by atoms with E-state index in [1.807, 2.05) is 26.0 Å².